The Morgan fingerprint density at radius 2 is 2.00 bits per heavy atom. The van der Waals surface area contributed by atoms with Crippen molar-refractivity contribution in [1.82, 2.24) is 25.0 Å². The zero-order valence-corrected chi connectivity index (χ0v) is 17.4. The number of hydrogen-bond donors (Lipinski definition) is 1. The van der Waals surface area contributed by atoms with Crippen LogP contribution in [-0.2, 0) is 30.6 Å². The van der Waals surface area contributed by atoms with Crippen LogP contribution in [0.3, 0.4) is 0 Å². The number of hydrogen-bond acceptors (Lipinski definition) is 4. The highest BCUT2D eigenvalue weighted by Crippen LogP contribution is 2.20. The minimum Gasteiger partial charge on any atom is -0.355 e. The molecule has 0 saturated carbocycles. The first-order valence-electron chi connectivity index (χ1n) is 11.0. The first-order chi connectivity index (χ1) is 14.7. The van der Waals surface area contributed by atoms with Gasteiger partial charge >= 0.3 is 0 Å². The van der Waals surface area contributed by atoms with Crippen LogP contribution < -0.4 is 5.32 Å². The predicted molar refractivity (Wildman–Crippen MR) is 113 cm³/mol. The fourth-order valence-corrected chi connectivity index (χ4v) is 4.35. The third-order valence-electron chi connectivity index (χ3n) is 6.04. The lowest BCUT2D eigenvalue weighted by atomic mass is 9.94. The second-order valence-corrected chi connectivity index (χ2v) is 8.29. The maximum atomic E-state index is 13.0. The third kappa shape index (κ3) is 5.53. The van der Waals surface area contributed by atoms with Crippen molar-refractivity contribution in [3.63, 3.8) is 0 Å². The van der Waals surface area contributed by atoms with E-state index in [4.69, 9.17) is 0 Å². The van der Waals surface area contributed by atoms with Crippen molar-refractivity contribution in [1.29, 1.82) is 0 Å². The fourth-order valence-electron chi connectivity index (χ4n) is 4.35. The highest BCUT2D eigenvalue weighted by Gasteiger charge is 2.21. The Hall–Kier alpha value is -2.54. The van der Waals surface area contributed by atoms with Gasteiger partial charge in [0.25, 0.3) is 0 Å². The molecule has 1 aliphatic carbocycles. The van der Waals surface area contributed by atoms with E-state index in [1.54, 1.807) is 12.1 Å². The molecule has 1 N–H and O–H groups in total. The molecule has 1 amide bonds. The molecule has 0 unspecified atom stereocenters. The number of allylic oxidation sites excluding steroid dienone is 2. The van der Waals surface area contributed by atoms with Crippen molar-refractivity contribution in [3.05, 3.63) is 59.4 Å². The molecule has 7 heteroatoms. The number of amides is 1. The quantitative estimate of drug-likeness (QED) is 0.712. The molecule has 4 rings (SSSR count). The molecule has 2 aliphatic rings. The largest absolute Gasteiger partial charge is 0.355 e. The van der Waals surface area contributed by atoms with E-state index in [-0.39, 0.29) is 18.1 Å². The standard InChI is InChI=1S/C23H30FN5O/c24-20-8-6-18(7-9-20)16-23(30)25-12-10-21-26-27-22-11-13-28(14-15-29(21)22)17-19-4-2-1-3-5-19/h1-2,6-9,19H,3-5,10-17H2,(H,25,30)/t19-/m0/s1. The van der Waals surface area contributed by atoms with E-state index < -0.39 is 0 Å². The van der Waals surface area contributed by atoms with Crippen molar-refractivity contribution >= 4 is 5.91 Å². The van der Waals surface area contributed by atoms with Gasteiger partial charge in [-0.25, -0.2) is 4.39 Å². The van der Waals surface area contributed by atoms with Crippen LogP contribution in [0.1, 0.15) is 36.5 Å². The Morgan fingerprint density at radius 3 is 2.80 bits per heavy atom. The Kier molecular flexibility index (Phi) is 6.89. The van der Waals surface area contributed by atoms with Crippen LogP contribution in [0, 0.1) is 11.7 Å². The van der Waals surface area contributed by atoms with Crippen LogP contribution in [-0.4, -0.2) is 51.8 Å². The van der Waals surface area contributed by atoms with Crippen molar-refractivity contribution in [2.24, 2.45) is 5.92 Å². The lowest BCUT2D eigenvalue weighted by Gasteiger charge is -2.26. The topological polar surface area (TPSA) is 63.1 Å². The molecule has 1 aromatic carbocycles. The number of halogens is 1. The smallest absolute Gasteiger partial charge is 0.224 e. The summed E-state index contributed by atoms with van der Waals surface area (Å²) in [6, 6.07) is 6.04. The maximum Gasteiger partial charge on any atom is 0.224 e. The summed E-state index contributed by atoms with van der Waals surface area (Å²) in [6.07, 6.45) is 10.2. The molecular weight excluding hydrogens is 381 g/mol. The number of benzene rings is 1. The van der Waals surface area contributed by atoms with Gasteiger partial charge in [0.1, 0.15) is 17.5 Å². The maximum absolute atomic E-state index is 13.0. The van der Waals surface area contributed by atoms with Gasteiger partial charge in [-0.3, -0.25) is 4.79 Å². The van der Waals surface area contributed by atoms with Crippen molar-refractivity contribution in [2.45, 2.75) is 45.1 Å². The molecule has 0 radical (unpaired) electrons. The monoisotopic (exact) mass is 411 g/mol. The fraction of sp³-hybridized carbons (Fsp3) is 0.522. The number of nitrogens with one attached hydrogen (secondary N) is 1. The second-order valence-electron chi connectivity index (χ2n) is 8.29. The zero-order valence-electron chi connectivity index (χ0n) is 17.4. The molecule has 0 spiro atoms. The molecule has 1 aliphatic heterocycles. The average Bonchev–Trinajstić information content (AvgIpc) is 3.03. The number of nitrogens with zero attached hydrogens (tertiary/aromatic N) is 4. The number of aromatic nitrogens is 3. The Bertz CT molecular complexity index is 876. The molecular formula is C23H30FN5O. The minimum absolute atomic E-state index is 0.0649. The van der Waals surface area contributed by atoms with Gasteiger partial charge in [-0.15, -0.1) is 10.2 Å². The summed E-state index contributed by atoms with van der Waals surface area (Å²) in [5.41, 5.74) is 0.804. The molecule has 0 bridgehead atoms. The van der Waals surface area contributed by atoms with Gasteiger partial charge in [-0.05, 0) is 42.9 Å². The summed E-state index contributed by atoms with van der Waals surface area (Å²) in [4.78, 5) is 14.7. The number of rotatable bonds is 7. The van der Waals surface area contributed by atoms with Crippen LogP contribution in [0.4, 0.5) is 4.39 Å². The van der Waals surface area contributed by atoms with E-state index in [2.05, 4.69) is 37.1 Å². The van der Waals surface area contributed by atoms with Crippen LogP contribution >= 0.6 is 0 Å². The van der Waals surface area contributed by atoms with E-state index in [9.17, 15) is 9.18 Å². The van der Waals surface area contributed by atoms with Gasteiger partial charge in [-0.2, -0.15) is 0 Å². The Morgan fingerprint density at radius 1 is 1.13 bits per heavy atom. The van der Waals surface area contributed by atoms with Crippen LogP contribution in [0.15, 0.2) is 36.4 Å². The van der Waals surface area contributed by atoms with Crippen molar-refractivity contribution in [2.75, 3.05) is 26.2 Å². The predicted octanol–water partition coefficient (Wildman–Crippen LogP) is 2.53. The first kappa shape index (κ1) is 20.7. The summed E-state index contributed by atoms with van der Waals surface area (Å²) in [5.74, 6) is 2.41. The first-order valence-corrected chi connectivity index (χ1v) is 11.0. The third-order valence-corrected chi connectivity index (χ3v) is 6.04. The van der Waals surface area contributed by atoms with Crippen LogP contribution in [0.25, 0.3) is 0 Å². The summed E-state index contributed by atoms with van der Waals surface area (Å²) in [7, 11) is 0. The second kappa shape index (κ2) is 9.98. The molecule has 2 heterocycles. The van der Waals surface area contributed by atoms with Gasteiger partial charge in [0.15, 0.2) is 0 Å². The van der Waals surface area contributed by atoms with Crippen LogP contribution in [0.5, 0.6) is 0 Å². The summed E-state index contributed by atoms with van der Waals surface area (Å²) in [5, 5.41) is 11.7. The number of fused-ring (bicyclic) bond motifs is 1. The Balaban J connectivity index is 1.24. The average molecular weight is 412 g/mol. The van der Waals surface area contributed by atoms with Gasteiger partial charge in [0.05, 0.1) is 6.42 Å². The molecule has 6 nitrogen and oxygen atoms in total. The summed E-state index contributed by atoms with van der Waals surface area (Å²) < 4.78 is 15.2. The van der Waals surface area contributed by atoms with E-state index in [0.29, 0.717) is 13.0 Å². The van der Waals surface area contributed by atoms with Crippen molar-refractivity contribution < 1.29 is 9.18 Å². The van der Waals surface area contributed by atoms with Gasteiger partial charge in [-0.1, -0.05) is 24.3 Å². The summed E-state index contributed by atoms with van der Waals surface area (Å²) in [6.45, 7) is 4.65. The highest BCUT2D eigenvalue weighted by molar-refractivity contribution is 5.78. The number of carbonyl (C=O) groups is 1. The SMILES string of the molecule is O=C(Cc1ccc(F)cc1)NCCc1nnc2n1CCN(C[C@H]1CC=CCC1)CC2. The van der Waals surface area contributed by atoms with E-state index in [1.165, 1.54) is 31.4 Å². The van der Waals surface area contributed by atoms with Gasteiger partial charge in [0.2, 0.25) is 5.91 Å². The molecule has 1 aromatic heterocycles. The summed E-state index contributed by atoms with van der Waals surface area (Å²) >= 11 is 0. The lowest BCUT2D eigenvalue weighted by Crippen LogP contribution is -2.33. The van der Waals surface area contributed by atoms with Gasteiger partial charge < -0.3 is 14.8 Å². The molecule has 2 aromatic rings. The number of carbonyl (C=O) groups excluding carboxylic acids is 1. The normalized spacial score (nSPS) is 19.3. The minimum atomic E-state index is -0.291. The van der Waals surface area contributed by atoms with Gasteiger partial charge in [0, 0.05) is 45.6 Å². The molecule has 30 heavy (non-hydrogen) atoms. The molecule has 0 fully saturated rings. The van der Waals surface area contributed by atoms with E-state index in [1.807, 2.05) is 0 Å². The lowest BCUT2D eigenvalue weighted by molar-refractivity contribution is -0.120. The molecule has 0 saturated heterocycles. The Labute approximate surface area is 177 Å². The van der Waals surface area contributed by atoms with E-state index in [0.717, 1.165) is 55.7 Å². The highest BCUT2D eigenvalue weighted by atomic mass is 19.1. The van der Waals surface area contributed by atoms with E-state index >= 15 is 0 Å². The van der Waals surface area contributed by atoms with Crippen molar-refractivity contribution in [3.8, 4) is 0 Å². The zero-order chi connectivity index (χ0) is 20.8. The van der Waals surface area contributed by atoms with Crippen LogP contribution in [0.2, 0.25) is 0 Å². The molecule has 1 atom stereocenters. The molecule has 160 valence electrons.